The molecular formula is C36H38O4. The summed E-state index contributed by atoms with van der Waals surface area (Å²) in [5, 5.41) is 0. The van der Waals surface area contributed by atoms with Gasteiger partial charge in [-0.25, -0.2) is 0 Å². The monoisotopic (exact) mass is 534 g/mol. The van der Waals surface area contributed by atoms with Crippen molar-refractivity contribution in [3.63, 3.8) is 0 Å². The maximum Gasteiger partial charge on any atom is 0.114 e. The van der Waals surface area contributed by atoms with Crippen molar-refractivity contribution in [2.24, 2.45) is 5.92 Å². The van der Waals surface area contributed by atoms with E-state index in [0.717, 1.165) is 34.2 Å². The van der Waals surface area contributed by atoms with Crippen molar-refractivity contribution in [3.05, 3.63) is 156 Å². The summed E-state index contributed by atoms with van der Waals surface area (Å²) in [5.41, 5.74) is 5.52. The van der Waals surface area contributed by atoms with Crippen LogP contribution >= 0.6 is 0 Å². The second kappa shape index (κ2) is 14.7. The van der Waals surface area contributed by atoms with E-state index in [-0.39, 0.29) is 24.2 Å². The van der Waals surface area contributed by atoms with E-state index in [1.54, 1.807) is 0 Å². The molecule has 1 fully saturated rings. The number of hydrogen-bond donors (Lipinski definition) is 0. The number of hydrogen-bond acceptors (Lipinski definition) is 4. The number of rotatable bonds is 13. The van der Waals surface area contributed by atoms with Gasteiger partial charge in [0.2, 0.25) is 0 Å². The smallest absolute Gasteiger partial charge is 0.114 e. The predicted octanol–water partition coefficient (Wildman–Crippen LogP) is 7.54. The van der Waals surface area contributed by atoms with Crippen LogP contribution < -0.4 is 0 Å². The molecule has 40 heavy (non-hydrogen) atoms. The molecule has 4 aromatic carbocycles. The van der Waals surface area contributed by atoms with Gasteiger partial charge in [0, 0.05) is 5.92 Å². The molecule has 206 valence electrons. The van der Waals surface area contributed by atoms with E-state index in [1.165, 1.54) is 0 Å². The lowest BCUT2D eigenvalue weighted by atomic mass is 9.79. The van der Waals surface area contributed by atoms with Crippen LogP contribution in [0.15, 0.2) is 133 Å². The highest BCUT2D eigenvalue weighted by atomic mass is 16.6. The summed E-state index contributed by atoms with van der Waals surface area (Å²) in [4.78, 5) is 0. The maximum absolute atomic E-state index is 6.69. The molecule has 0 spiro atoms. The minimum atomic E-state index is -0.334. The van der Waals surface area contributed by atoms with E-state index in [9.17, 15) is 0 Å². The van der Waals surface area contributed by atoms with Crippen LogP contribution in [0.2, 0.25) is 0 Å². The van der Waals surface area contributed by atoms with Crippen molar-refractivity contribution in [1.82, 2.24) is 0 Å². The van der Waals surface area contributed by atoms with Crippen LogP contribution in [0.4, 0.5) is 0 Å². The third-order valence-electron chi connectivity index (χ3n) is 7.30. The zero-order valence-corrected chi connectivity index (χ0v) is 22.9. The molecule has 4 heteroatoms. The molecule has 4 aromatic rings. The van der Waals surface area contributed by atoms with Crippen molar-refractivity contribution in [1.29, 1.82) is 0 Å². The summed E-state index contributed by atoms with van der Waals surface area (Å²) < 4.78 is 26.1. The topological polar surface area (TPSA) is 36.9 Å². The average molecular weight is 535 g/mol. The van der Waals surface area contributed by atoms with Crippen molar-refractivity contribution in [3.8, 4) is 0 Å². The number of ether oxygens (including phenoxy) is 4. The SMILES string of the molecule is C=C1C[C@@H](COCc2ccccc2)[C@@H](OCc2ccccc2)[C@H](OCc2ccccc2)[C@@H]1OCc1ccccc1. The first kappa shape index (κ1) is 28.0. The Kier molecular flexibility index (Phi) is 10.3. The molecule has 5 rings (SSSR count). The predicted molar refractivity (Wildman–Crippen MR) is 158 cm³/mol. The van der Waals surface area contributed by atoms with Crippen molar-refractivity contribution < 1.29 is 18.9 Å². The maximum atomic E-state index is 6.69. The van der Waals surface area contributed by atoms with Crippen LogP contribution in [-0.4, -0.2) is 24.9 Å². The molecule has 1 saturated carbocycles. The van der Waals surface area contributed by atoms with E-state index in [1.807, 2.05) is 72.8 Å². The molecule has 4 atom stereocenters. The third-order valence-corrected chi connectivity index (χ3v) is 7.30. The standard InChI is InChI=1S/C36H38O4/c1-28-22-33(27-37-23-29-14-6-2-7-15-29)35(39-25-31-18-10-4-11-19-31)36(40-26-32-20-12-5-13-21-32)34(28)38-24-30-16-8-3-9-17-30/h2-21,33-36H,1,22-27H2/t33-,34+,35+,36+/m0/s1. The summed E-state index contributed by atoms with van der Waals surface area (Å²) in [6, 6.07) is 41.0. The number of benzene rings is 4. The normalized spacial score (nSPS) is 20.9. The first-order valence-corrected chi connectivity index (χ1v) is 14.0. The molecule has 0 amide bonds. The van der Waals surface area contributed by atoms with Gasteiger partial charge in [0.15, 0.2) is 0 Å². The average Bonchev–Trinajstić information content (AvgIpc) is 3.01. The van der Waals surface area contributed by atoms with Gasteiger partial charge in [0.05, 0.1) is 39.1 Å². The summed E-state index contributed by atoms with van der Waals surface area (Å²) >= 11 is 0. The highest BCUT2D eigenvalue weighted by molar-refractivity contribution is 5.19. The van der Waals surface area contributed by atoms with E-state index in [2.05, 4.69) is 55.1 Å². The molecular weight excluding hydrogens is 496 g/mol. The third kappa shape index (κ3) is 8.00. The fraction of sp³-hybridized carbons (Fsp3) is 0.278. The zero-order valence-electron chi connectivity index (χ0n) is 22.9. The minimum Gasteiger partial charge on any atom is -0.376 e. The van der Waals surface area contributed by atoms with Gasteiger partial charge < -0.3 is 18.9 Å². The lowest BCUT2D eigenvalue weighted by Gasteiger charge is -2.43. The largest absolute Gasteiger partial charge is 0.376 e. The molecule has 0 aliphatic heterocycles. The molecule has 1 aliphatic carbocycles. The molecule has 0 aromatic heterocycles. The Morgan fingerprint density at radius 2 is 0.900 bits per heavy atom. The Morgan fingerprint density at radius 1 is 0.500 bits per heavy atom. The summed E-state index contributed by atoms with van der Waals surface area (Å²) in [6.45, 7) is 7.00. The second-order valence-electron chi connectivity index (χ2n) is 10.4. The molecule has 0 N–H and O–H groups in total. The molecule has 0 heterocycles. The molecule has 0 unspecified atom stereocenters. The van der Waals surface area contributed by atoms with Gasteiger partial charge in [-0.05, 0) is 34.2 Å². The van der Waals surface area contributed by atoms with Crippen molar-refractivity contribution in [2.75, 3.05) is 6.61 Å². The van der Waals surface area contributed by atoms with E-state index in [0.29, 0.717) is 33.0 Å². The molecule has 0 saturated heterocycles. The molecule has 0 bridgehead atoms. The molecule has 1 aliphatic rings. The van der Waals surface area contributed by atoms with Gasteiger partial charge in [-0.15, -0.1) is 0 Å². The Balaban J connectivity index is 1.36. The minimum absolute atomic E-state index is 0.0808. The Bertz CT molecular complexity index is 1280. The highest BCUT2D eigenvalue weighted by Crippen LogP contribution is 2.36. The van der Waals surface area contributed by atoms with E-state index in [4.69, 9.17) is 18.9 Å². The molecule has 0 radical (unpaired) electrons. The fourth-order valence-corrected chi connectivity index (χ4v) is 5.22. The van der Waals surface area contributed by atoms with Gasteiger partial charge >= 0.3 is 0 Å². The van der Waals surface area contributed by atoms with Gasteiger partial charge in [0.1, 0.15) is 12.2 Å². The van der Waals surface area contributed by atoms with Gasteiger partial charge in [-0.2, -0.15) is 0 Å². The Morgan fingerprint density at radius 3 is 1.38 bits per heavy atom. The van der Waals surface area contributed by atoms with E-state index >= 15 is 0 Å². The summed E-state index contributed by atoms with van der Waals surface area (Å²) in [6.07, 6.45) is -0.112. The van der Waals surface area contributed by atoms with Gasteiger partial charge in [-0.1, -0.05) is 128 Å². The lowest BCUT2D eigenvalue weighted by Crippen LogP contribution is -2.52. The van der Waals surface area contributed by atoms with E-state index < -0.39 is 0 Å². The second-order valence-corrected chi connectivity index (χ2v) is 10.4. The van der Waals surface area contributed by atoms with Crippen LogP contribution in [0.25, 0.3) is 0 Å². The summed E-state index contributed by atoms with van der Waals surface area (Å²) in [5.74, 6) is 0.0808. The zero-order chi connectivity index (χ0) is 27.4. The first-order valence-electron chi connectivity index (χ1n) is 14.0. The van der Waals surface area contributed by atoms with Crippen molar-refractivity contribution in [2.45, 2.75) is 51.2 Å². The first-order chi connectivity index (χ1) is 19.8. The van der Waals surface area contributed by atoms with Gasteiger partial charge in [-0.3, -0.25) is 0 Å². The van der Waals surface area contributed by atoms with Crippen LogP contribution in [0.3, 0.4) is 0 Å². The quantitative estimate of drug-likeness (QED) is 0.166. The van der Waals surface area contributed by atoms with Crippen molar-refractivity contribution >= 4 is 0 Å². The Labute approximate surface area is 238 Å². The highest BCUT2D eigenvalue weighted by Gasteiger charge is 2.44. The Hall–Kier alpha value is -3.54. The lowest BCUT2D eigenvalue weighted by molar-refractivity contribution is -0.178. The molecule has 4 nitrogen and oxygen atoms in total. The van der Waals surface area contributed by atoms with Gasteiger partial charge in [0.25, 0.3) is 0 Å². The van der Waals surface area contributed by atoms with Crippen LogP contribution in [0.1, 0.15) is 28.7 Å². The summed E-state index contributed by atoms with van der Waals surface area (Å²) in [7, 11) is 0. The fourth-order valence-electron chi connectivity index (χ4n) is 5.22. The van der Waals surface area contributed by atoms with Crippen LogP contribution in [0, 0.1) is 5.92 Å². The van der Waals surface area contributed by atoms with Crippen LogP contribution in [-0.2, 0) is 45.4 Å². The van der Waals surface area contributed by atoms with Crippen LogP contribution in [0.5, 0.6) is 0 Å².